The first-order chi connectivity index (χ1) is 5.96. The first-order valence-corrected chi connectivity index (χ1v) is 4.58. The van der Waals surface area contributed by atoms with Gasteiger partial charge in [-0.25, -0.2) is 4.79 Å². The van der Waals surface area contributed by atoms with Crippen molar-refractivity contribution >= 4 is 0 Å². The lowest BCUT2D eigenvalue weighted by Gasteiger charge is -2.19. The molecule has 1 heterocycles. The van der Waals surface area contributed by atoms with Crippen molar-refractivity contribution in [1.29, 1.82) is 0 Å². The maximum Gasteiger partial charge on any atom is 0.339 e. The molecule has 1 aromatic heterocycles. The van der Waals surface area contributed by atoms with E-state index in [2.05, 4.69) is 0 Å². The van der Waals surface area contributed by atoms with Gasteiger partial charge in [-0.05, 0) is 23.5 Å². The van der Waals surface area contributed by atoms with Gasteiger partial charge in [-0.1, -0.05) is 27.7 Å². The van der Waals surface area contributed by atoms with Gasteiger partial charge in [-0.15, -0.1) is 0 Å². The summed E-state index contributed by atoms with van der Waals surface area (Å²) in [4.78, 5) is 11.5. The second kappa shape index (κ2) is 3.36. The zero-order chi connectivity index (χ0) is 10.1. The zero-order valence-electron chi connectivity index (χ0n) is 8.68. The summed E-state index contributed by atoms with van der Waals surface area (Å²) in [5, 5.41) is 0. The Morgan fingerprint density at radius 1 is 1.38 bits per heavy atom. The van der Waals surface area contributed by atoms with E-state index in [1.54, 1.807) is 0 Å². The summed E-state index contributed by atoms with van der Waals surface area (Å²) in [5.74, 6) is 0. The first kappa shape index (κ1) is 10.0. The molecule has 0 unspecified atom stereocenters. The van der Waals surface area contributed by atoms with Crippen LogP contribution in [0.2, 0.25) is 0 Å². The molecule has 0 atom stereocenters. The maximum atomic E-state index is 11.5. The summed E-state index contributed by atoms with van der Waals surface area (Å²) >= 11 is 0. The molecule has 0 aliphatic heterocycles. The molecule has 72 valence electrons. The second-order valence-electron chi connectivity index (χ2n) is 4.21. The van der Waals surface area contributed by atoms with Gasteiger partial charge in [0.2, 0.25) is 0 Å². The summed E-state index contributed by atoms with van der Waals surface area (Å²) < 4.78 is 4.87. The minimum Gasteiger partial charge on any atom is -0.431 e. The molecule has 0 spiro atoms. The predicted molar refractivity (Wildman–Crippen MR) is 53.1 cm³/mol. The highest BCUT2D eigenvalue weighted by Crippen LogP contribution is 2.22. The maximum absolute atomic E-state index is 11.5. The lowest BCUT2D eigenvalue weighted by Crippen LogP contribution is -2.24. The van der Waals surface area contributed by atoms with E-state index in [9.17, 15) is 4.79 Å². The van der Waals surface area contributed by atoms with Gasteiger partial charge in [0.25, 0.3) is 0 Å². The Morgan fingerprint density at radius 2 is 2.00 bits per heavy atom. The number of rotatable bonds is 1. The van der Waals surface area contributed by atoms with E-state index in [-0.39, 0.29) is 11.0 Å². The van der Waals surface area contributed by atoms with Gasteiger partial charge in [-0.3, -0.25) is 0 Å². The smallest absolute Gasteiger partial charge is 0.339 e. The van der Waals surface area contributed by atoms with Crippen LogP contribution in [0, 0.1) is 0 Å². The lowest BCUT2D eigenvalue weighted by molar-refractivity contribution is 0.464. The van der Waals surface area contributed by atoms with Crippen LogP contribution < -0.4 is 5.63 Å². The normalized spacial score (nSPS) is 11.7. The van der Waals surface area contributed by atoms with Crippen molar-refractivity contribution in [2.45, 2.75) is 39.5 Å². The molecular formula is C11H16O2. The molecular weight excluding hydrogens is 164 g/mol. The zero-order valence-corrected chi connectivity index (χ0v) is 8.68. The van der Waals surface area contributed by atoms with Crippen molar-refractivity contribution in [2.75, 3.05) is 0 Å². The van der Waals surface area contributed by atoms with Gasteiger partial charge in [0, 0.05) is 5.56 Å². The van der Waals surface area contributed by atoms with Crippen LogP contribution in [0.4, 0.5) is 0 Å². The fourth-order valence-corrected chi connectivity index (χ4v) is 1.53. The minimum atomic E-state index is -0.202. The highest BCUT2D eigenvalue weighted by atomic mass is 16.4. The fourth-order valence-electron chi connectivity index (χ4n) is 1.53. The van der Waals surface area contributed by atoms with Crippen LogP contribution in [0.25, 0.3) is 0 Å². The molecule has 0 bridgehead atoms. The quantitative estimate of drug-likeness (QED) is 0.664. The summed E-state index contributed by atoms with van der Waals surface area (Å²) in [6.07, 6.45) is 2.34. The molecule has 0 aliphatic carbocycles. The molecule has 0 N–H and O–H groups in total. The van der Waals surface area contributed by atoms with Crippen molar-refractivity contribution in [3.63, 3.8) is 0 Å². The third-order valence-corrected chi connectivity index (χ3v) is 2.10. The van der Waals surface area contributed by atoms with E-state index in [4.69, 9.17) is 4.42 Å². The molecule has 0 aliphatic rings. The van der Waals surface area contributed by atoms with Gasteiger partial charge < -0.3 is 4.42 Å². The Balaban J connectivity index is 3.41. The van der Waals surface area contributed by atoms with Gasteiger partial charge in [-0.2, -0.15) is 0 Å². The fraction of sp³-hybridized carbons (Fsp3) is 0.545. The molecule has 0 saturated heterocycles. The molecule has 0 radical (unpaired) electrons. The molecule has 0 fully saturated rings. The Bertz CT molecular complexity index is 342. The molecule has 1 rings (SSSR count). The Morgan fingerprint density at radius 3 is 2.38 bits per heavy atom. The molecule has 0 saturated carbocycles. The highest BCUT2D eigenvalue weighted by Gasteiger charge is 2.21. The van der Waals surface area contributed by atoms with E-state index in [0.29, 0.717) is 0 Å². The molecule has 2 heteroatoms. The second-order valence-corrected chi connectivity index (χ2v) is 4.21. The molecule has 1 aromatic rings. The van der Waals surface area contributed by atoms with Crippen LogP contribution >= 0.6 is 0 Å². The first-order valence-electron chi connectivity index (χ1n) is 4.58. The molecule has 13 heavy (non-hydrogen) atoms. The van der Waals surface area contributed by atoms with E-state index in [1.807, 2.05) is 33.8 Å². The Labute approximate surface area is 78.6 Å². The van der Waals surface area contributed by atoms with Gasteiger partial charge >= 0.3 is 5.63 Å². The van der Waals surface area contributed by atoms with Crippen LogP contribution in [0.1, 0.15) is 38.8 Å². The van der Waals surface area contributed by atoms with E-state index in [1.165, 1.54) is 6.26 Å². The number of hydrogen-bond acceptors (Lipinski definition) is 2. The van der Waals surface area contributed by atoms with Crippen molar-refractivity contribution in [2.24, 2.45) is 0 Å². The minimum absolute atomic E-state index is 0.132. The van der Waals surface area contributed by atoms with Crippen molar-refractivity contribution in [3.05, 3.63) is 33.9 Å². The third-order valence-electron chi connectivity index (χ3n) is 2.10. The Kier molecular flexibility index (Phi) is 2.60. The molecule has 0 amide bonds. The topological polar surface area (TPSA) is 30.2 Å². The monoisotopic (exact) mass is 180 g/mol. The average molecular weight is 180 g/mol. The summed E-state index contributed by atoms with van der Waals surface area (Å²) in [7, 11) is 0. The van der Waals surface area contributed by atoms with Crippen molar-refractivity contribution < 1.29 is 4.42 Å². The van der Waals surface area contributed by atoms with Crippen molar-refractivity contribution in [1.82, 2.24) is 0 Å². The Hall–Kier alpha value is -1.05. The van der Waals surface area contributed by atoms with E-state index >= 15 is 0 Å². The average Bonchev–Trinajstić information content (AvgIpc) is 2.01. The van der Waals surface area contributed by atoms with Crippen molar-refractivity contribution in [3.8, 4) is 0 Å². The van der Waals surface area contributed by atoms with Gasteiger partial charge in [0.15, 0.2) is 0 Å². The van der Waals surface area contributed by atoms with Crippen LogP contribution in [0.3, 0.4) is 0 Å². The van der Waals surface area contributed by atoms with Crippen LogP contribution in [0.5, 0.6) is 0 Å². The predicted octanol–water partition coefficient (Wildman–Crippen LogP) is 2.50. The SMILES string of the molecule is CCc1ccoc(=O)c1C(C)(C)C. The van der Waals surface area contributed by atoms with Crippen LogP contribution in [-0.2, 0) is 11.8 Å². The summed E-state index contributed by atoms with van der Waals surface area (Å²) in [5.41, 5.74) is 1.56. The summed E-state index contributed by atoms with van der Waals surface area (Å²) in [6.45, 7) is 8.12. The molecule has 2 nitrogen and oxygen atoms in total. The molecule has 0 aromatic carbocycles. The van der Waals surface area contributed by atoms with Gasteiger partial charge in [0.1, 0.15) is 0 Å². The number of aryl methyl sites for hydroxylation is 1. The summed E-state index contributed by atoms with van der Waals surface area (Å²) in [6, 6.07) is 1.88. The highest BCUT2D eigenvalue weighted by molar-refractivity contribution is 5.28. The lowest BCUT2D eigenvalue weighted by atomic mass is 9.84. The largest absolute Gasteiger partial charge is 0.431 e. The van der Waals surface area contributed by atoms with Crippen LogP contribution in [0.15, 0.2) is 21.5 Å². The standard InChI is InChI=1S/C11H16O2/c1-5-8-6-7-13-10(12)9(8)11(2,3)4/h6-7H,5H2,1-4H3. The number of hydrogen-bond donors (Lipinski definition) is 0. The third kappa shape index (κ3) is 2.00. The van der Waals surface area contributed by atoms with Crippen LogP contribution in [-0.4, -0.2) is 0 Å². The van der Waals surface area contributed by atoms with E-state index < -0.39 is 0 Å². The van der Waals surface area contributed by atoms with Gasteiger partial charge in [0.05, 0.1) is 6.26 Å². The van der Waals surface area contributed by atoms with E-state index in [0.717, 1.165) is 17.5 Å².